The Hall–Kier alpha value is -4.03. The fourth-order valence-electron chi connectivity index (χ4n) is 4.45. The molecule has 1 fully saturated rings. The van der Waals surface area contributed by atoms with E-state index in [4.69, 9.17) is 4.98 Å². The van der Waals surface area contributed by atoms with E-state index in [-0.39, 0.29) is 12.0 Å². The Balaban J connectivity index is 1.49. The van der Waals surface area contributed by atoms with Crippen LogP contribution in [0.15, 0.2) is 48.8 Å². The van der Waals surface area contributed by atoms with Crippen LogP contribution < -0.4 is 10.2 Å². The number of nitriles is 1. The number of aliphatic hydroxyl groups excluding tert-OH is 1. The molecule has 0 amide bonds. The highest BCUT2D eigenvalue weighted by Crippen LogP contribution is 2.34. The van der Waals surface area contributed by atoms with Gasteiger partial charge in [0.1, 0.15) is 18.0 Å². The number of fused-ring (bicyclic) bond motifs is 1. The van der Waals surface area contributed by atoms with Crippen molar-refractivity contribution in [2.24, 2.45) is 5.92 Å². The number of rotatable bonds is 5. The number of aromatic nitrogens is 5. The molecule has 0 bridgehead atoms. The Morgan fingerprint density at radius 1 is 1.18 bits per heavy atom. The Labute approximate surface area is 197 Å². The fourth-order valence-corrected chi connectivity index (χ4v) is 4.45. The molecule has 9 nitrogen and oxygen atoms in total. The number of anilines is 3. The lowest BCUT2D eigenvalue weighted by molar-refractivity contribution is 0.199. The van der Waals surface area contributed by atoms with Crippen LogP contribution in [0.1, 0.15) is 37.6 Å². The van der Waals surface area contributed by atoms with E-state index >= 15 is 0 Å². The molecule has 4 aromatic rings. The van der Waals surface area contributed by atoms with Gasteiger partial charge in [-0.1, -0.05) is 0 Å². The molecule has 1 aliphatic heterocycles. The lowest BCUT2D eigenvalue weighted by atomic mass is 10.1. The van der Waals surface area contributed by atoms with Crippen LogP contribution in [0.2, 0.25) is 0 Å². The number of benzene rings is 1. The second-order valence-electron chi connectivity index (χ2n) is 8.82. The van der Waals surface area contributed by atoms with Gasteiger partial charge in [-0.3, -0.25) is 4.57 Å². The SMILES string of the molecule is Cc1ccc(Nc2ccc3c(c2)ncn3-c2ccc(C(C)O)c(N3C[C@@H](C#N)C[C@H]3C)n2)nn1. The Morgan fingerprint density at radius 2 is 2.03 bits per heavy atom. The first-order valence-electron chi connectivity index (χ1n) is 11.3. The van der Waals surface area contributed by atoms with Crippen LogP contribution in [0.25, 0.3) is 16.9 Å². The molecule has 172 valence electrons. The zero-order valence-electron chi connectivity index (χ0n) is 19.3. The number of aryl methyl sites for hydroxylation is 1. The summed E-state index contributed by atoms with van der Waals surface area (Å²) in [4.78, 5) is 11.6. The topological polar surface area (TPSA) is 116 Å². The van der Waals surface area contributed by atoms with E-state index in [0.29, 0.717) is 18.2 Å². The molecule has 3 atom stereocenters. The maximum atomic E-state index is 10.4. The first-order chi connectivity index (χ1) is 16.4. The second-order valence-corrected chi connectivity index (χ2v) is 8.82. The quantitative estimate of drug-likeness (QED) is 0.464. The van der Waals surface area contributed by atoms with Gasteiger partial charge in [-0.2, -0.15) is 10.4 Å². The van der Waals surface area contributed by atoms with Crippen molar-refractivity contribution in [2.45, 2.75) is 39.3 Å². The van der Waals surface area contributed by atoms with Crippen molar-refractivity contribution in [2.75, 3.05) is 16.8 Å². The van der Waals surface area contributed by atoms with Gasteiger partial charge in [0, 0.05) is 23.8 Å². The molecule has 34 heavy (non-hydrogen) atoms. The third-order valence-electron chi connectivity index (χ3n) is 6.23. The number of imidazole rings is 1. The summed E-state index contributed by atoms with van der Waals surface area (Å²) in [5.41, 5.74) is 4.20. The van der Waals surface area contributed by atoms with Crippen LogP contribution in [0.5, 0.6) is 0 Å². The van der Waals surface area contributed by atoms with Gasteiger partial charge in [0.25, 0.3) is 0 Å². The van der Waals surface area contributed by atoms with Gasteiger partial charge in [-0.15, -0.1) is 5.10 Å². The third kappa shape index (κ3) is 4.04. The lowest BCUT2D eigenvalue weighted by Gasteiger charge is -2.26. The predicted octanol–water partition coefficient (Wildman–Crippen LogP) is 4.05. The van der Waals surface area contributed by atoms with Crippen LogP contribution in [0.4, 0.5) is 17.3 Å². The van der Waals surface area contributed by atoms with Crippen molar-refractivity contribution in [3.05, 3.63) is 60.0 Å². The molecule has 1 unspecified atom stereocenters. The van der Waals surface area contributed by atoms with Gasteiger partial charge in [-0.25, -0.2) is 9.97 Å². The van der Waals surface area contributed by atoms with E-state index < -0.39 is 6.10 Å². The first kappa shape index (κ1) is 21.8. The summed E-state index contributed by atoms with van der Waals surface area (Å²) in [6.07, 6.45) is 1.87. The van der Waals surface area contributed by atoms with E-state index in [0.717, 1.165) is 40.2 Å². The molecule has 1 aliphatic rings. The van der Waals surface area contributed by atoms with Crippen molar-refractivity contribution in [1.82, 2.24) is 24.7 Å². The number of pyridine rings is 1. The molecule has 3 aromatic heterocycles. The zero-order valence-corrected chi connectivity index (χ0v) is 19.3. The Morgan fingerprint density at radius 3 is 2.74 bits per heavy atom. The van der Waals surface area contributed by atoms with E-state index in [1.54, 1.807) is 13.3 Å². The molecule has 9 heteroatoms. The minimum Gasteiger partial charge on any atom is -0.389 e. The van der Waals surface area contributed by atoms with E-state index in [2.05, 4.69) is 38.4 Å². The minimum absolute atomic E-state index is 0.0412. The third-order valence-corrected chi connectivity index (χ3v) is 6.23. The summed E-state index contributed by atoms with van der Waals surface area (Å²) in [7, 11) is 0. The molecule has 2 N–H and O–H groups in total. The van der Waals surface area contributed by atoms with Crippen molar-refractivity contribution in [3.63, 3.8) is 0 Å². The van der Waals surface area contributed by atoms with Gasteiger partial charge in [0.15, 0.2) is 5.82 Å². The molecular weight excluding hydrogens is 428 g/mol. The Kier molecular flexibility index (Phi) is 5.59. The maximum Gasteiger partial charge on any atom is 0.153 e. The Bertz CT molecular complexity index is 1370. The molecule has 0 aliphatic carbocycles. The van der Waals surface area contributed by atoms with Gasteiger partial charge in [-0.05, 0) is 69.7 Å². The average molecular weight is 455 g/mol. The summed E-state index contributed by atoms with van der Waals surface area (Å²) in [6.45, 7) is 6.34. The number of aliphatic hydroxyl groups is 1. The standard InChI is InChI=1S/C25H26N8O/c1-15-4-8-23(31-30-15)28-19-5-7-22-21(11-19)27-14-33(22)24-9-6-20(17(3)34)25(29-24)32-13-18(12-26)10-16(32)2/h4-9,11,14,16-18,34H,10,13H2,1-3H3,(H,28,31)/t16-,17?,18-/m1/s1. The predicted molar refractivity (Wildman–Crippen MR) is 130 cm³/mol. The molecule has 4 heterocycles. The monoisotopic (exact) mass is 454 g/mol. The smallest absolute Gasteiger partial charge is 0.153 e. The number of hydrogen-bond donors (Lipinski definition) is 2. The molecular formula is C25H26N8O. The van der Waals surface area contributed by atoms with Crippen molar-refractivity contribution >= 4 is 28.4 Å². The summed E-state index contributed by atoms with van der Waals surface area (Å²) >= 11 is 0. The highest BCUT2D eigenvalue weighted by atomic mass is 16.3. The summed E-state index contributed by atoms with van der Waals surface area (Å²) < 4.78 is 1.93. The van der Waals surface area contributed by atoms with E-state index in [1.807, 2.05) is 54.0 Å². The normalized spacial score (nSPS) is 18.7. The van der Waals surface area contributed by atoms with E-state index in [9.17, 15) is 10.4 Å². The van der Waals surface area contributed by atoms with Crippen LogP contribution in [0, 0.1) is 24.2 Å². The highest BCUT2D eigenvalue weighted by molar-refractivity contribution is 5.82. The zero-order chi connectivity index (χ0) is 23.8. The van der Waals surface area contributed by atoms with Crippen LogP contribution in [-0.2, 0) is 0 Å². The van der Waals surface area contributed by atoms with Crippen molar-refractivity contribution in [3.8, 4) is 11.9 Å². The lowest BCUT2D eigenvalue weighted by Crippen LogP contribution is -2.29. The van der Waals surface area contributed by atoms with Gasteiger partial charge in [0.2, 0.25) is 0 Å². The van der Waals surface area contributed by atoms with Gasteiger partial charge < -0.3 is 15.3 Å². The summed E-state index contributed by atoms with van der Waals surface area (Å²) in [6, 6.07) is 16.0. The molecule has 1 aromatic carbocycles. The average Bonchev–Trinajstić information content (AvgIpc) is 3.43. The molecule has 0 spiro atoms. The first-order valence-corrected chi connectivity index (χ1v) is 11.3. The second kappa shape index (κ2) is 8.72. The molecule has 5 rings (SSSR count). The van der Waals surface area contributed by atoms with Crippen molar-refractivity contribution in [1.29, 1.82) is 5.26 Å². The fraction of sp³-hybridized carbons (Fsp3) is 0.320. The van der Waals surface area contributed by atoms with Crippen LogP contribution in [0.3, 0.4) is 0 Å². The summed E-state index contributed by atoms with van der Waals surface area (Å²) in [5.74, 6) is 2.05. The number of nitrogens with one attached hydrogen (secondary N) is 1. The van der Waals surface area contributed by atoms with Crippen LogP contribution >= 0.6 is 0 Å². The molecule has 1 saturated heterocycles. The minimum atomic E-state index is -0.664. The largest absolute Gasteiger partial charge is 0.389 e. The molecule has 0 radical (unpaired) electrons. The number of nitrogens with zero attached hydrogens (tertiary/aromatic N) is 7. The van der Waals surface area contributed by atoms with Crippen LogP contribution in [-0.4, -0.2) is 42.4 Å². The highest BCUT2D eigenvalue weighted by Gasteiger charge is 2.32. The number of hydrogen-bond acceptors (Lipinski definition) is 8. The summed E-state index contributed by atoms with van der Waals surface area (Å²) in [5, 5.41) is 31.3. The van der Waals surface area contributed by atoms with Gasteiger partial charge >= 0.3 is 0 Å². The van der Waals surface area contributed by atoms with E-state index in [1.165, 1.54) is 0 Å². The van der Waals surface area contributed by atoms with Crippen molar-refractivity contribution < 1.29 is 5.11 Å². The molecule has 0 saturated carbocycles. The van der Waals surface area contributed by atoms with Gasteiger partial charge in [0.05, 0.1) is 34.8 Å². The maximum absolute atomic E-state index is 10.4.